The first-order valence-electron chi connectivity index (χ1n) is 9.71. The third-order valence-electron chi connectivity index (χ3n) is 5.50. The predicted octanol–water partition coefficient (Wildman–Crippen LogP) is 3.47. The van der Waals surface area contributed by atoms with Gasteiger partial charge in [0, 0.05) is 17.2 Å². The smallest absolute Gasteiger partial charge is 0.321 e. The van der Waals surface area contributed by atoms with E-state index >= 15 is 0 Å². The Morgan fingerprint density at radius 2 is 1.87 bits per heavy atom. The maximum absolute atomic E-state index is 14.5. The number of primary amides is 1. The van der Waals surface area contributed by atoms with Crippen molar-refractivity contribution < 1.29 is 18.7 Å². The van der Waals surface area contributed by atoms with Crippen LogP contribution in [-0.4, -0.2) is 16.7 Å². The molecule has 1 aromatic heterocycles. The highest BCUT2D eigenvalue weighted by atomic mass is 35.5. The maximum Gasteiger partial charge on any atom is 0.321 e. The highest BCUT2D eigenvalue weighted by Gasteiger charge is 2.42. The van der Waals surface area contributed by atoms with Gasteiger partial charge in [0.05, 0.1) is 6.04 Å². The number of hydrogen-bond donors (Lipinski definition) is 1. The average molecular weight is 440 g/mol. The minimum absolute atomic E-state index is 0.166. The number of nitrogens with zero attached hydrogens (tertiary/aromatic N) is 2. The van der Waals surface area contributed by atoms with Gasteiger partial charge in [-0.05, 0) is 47.7 Å². The molecule has 6 nitrogen and oxygen atoms in total. The molecule has 3 aromatic rings. The Kier molecular flexibility index (Phi) is 5.61. The largest absolute Gasteiger partial charge is 0.618 e. The van der Waals surface area contributed by atoms with E-state index in [1.807, 2.05) is 0 Å². The first-order chi connectivity index (χ1) is 14.9. The lowest BCUT2D eigenvalue weighted by Gasteiger charge is -2.35. The fraction of sp³-hybridized carbons (Fsp3) is 0.174. The molecule has 0 saturated heterocycles. The number of fused-ring (bicyclic) bond motifs is 1. The van der Waals surface area contributed by atoms with Crippen LogP contribution in [-0.2, 0) is 11.2 Å². The average Bonchev–Trinajstić information content (AvgIpc) is 3.16. The number of halogens is 2. The van der Waals surface area contributed by atoms with Crippen LogP contribution in [0.25, 0.3) is 0 Å². The SMILES string of the molecule is NC(=O)C(c1ccccc1)N(C(=O)c1cccc[n+]1[O-])[C@@H]1CCc2c(F)cc(Cl)cc21. The van der Waals surface area contributed by atoms with E-state index in [0.29, 0.717) is 34.3 Å². The third-order valence-corrected chi connectivity index (χ3v) is 5.72. The molecule has 1 unspecified atom stereocenters. The van der Waals surface area contributed by atoms with Crippen LogP contribution in [0, 0.1) is 11.0 Å². The lowest BCUT2D eigenvalue weighted by Crippen LogP contribution is -2.47. The lowest BCUT2D eigenvalue weighted by atomic mass is 9.98. The molecular weight excluding hydrogens is 421 g/mol. The molecule has 0 aliphatic heterocycles. The van der Waals surface area contributed by atoms with Gasteiger partial charge in [-0.2, -0.15) is 4.73 Å². The molecule has 0 bridgehead atoms. The van der Waals surface area contributed by atoms with Gasteiger partial charge in [0.15, 0.2) is 6.20 Å². The van der Waals surface area contributed by atoms with Gasteiger partial charge in [0.2, 0.25) is 5.91 Å². The van der Waals surface area contributed by atoms with Crippen molar-refractivity contribution in [2.75, 3.05) is 0 Å². The van der Waals surface area contributed by atoms with Crippen molar-refractivity contribution in [2.45, 2.75) is 24.9 Å². The van der Waals surface area contributed by atoms with E-state index in [2.05, 4.69) is 0 Å². The van der Waals surface area contributed by atoms with Crippen LogP contribution in [0.2, 0.25) is 5.02 Å². The Morgan fingerprint density at radius 1 is 1.16 bits per heavy atom. The molecule has 0 fully saturated rings. The Labute approximate surface area is 183 Å². The molecule has 8 heteroatoms. The van der Waals surface area contributed by atoms with Gasteiger partial charge in [-0.1, -0.05) is 41.9 Å². The van der Waals surface area contributed by atoms with Crippen LogP contribution in [0.5, 0.6) is 0 Å². The van der Waals surface area contributed by atoms with Crippen molar-refractivity contribution >= 4 is 23.4 Å². The second-order valence-electron chi connectivity index (χ2n) is 7.35. The Morgan fingerprint density at radius 3 is 2.55 bits per heavy atom. The first kappa shape index (κ1) is 20.8. The van der Waals surface area contributed by atoms with Crippen molar-refractivity contribution in [3.05, 3.63) is 105 Å². The minimum atomic E-state index is -1.16. The fourth-order valence-electron chi connectivity index (χ4n) is 4.17. The molecule has 2 atom stereocenters. The Bertz CT molecular complexity index is 1160. The van der Waals surface area contributed by atoms with Gasteiger partial charge in [-0.3, -0.25) is 9.59 Å². The first-order valence-corrected chi connectivity index (χ1v) is 10.1. The molecule has 158 valence electrons. The zero-order valence-corrected chi connectivity index (χ0v) is 17.1. The number of hydrogen-bond acceptors (Lipinski definition) is 3. The van der Waals surface area contributed by atoms with Crippen molar-refractivity contribution in [1.29, 1.82) is 0 Å². The van der Waals surface area contributed by atoms with Crippen LogP contribution in [0.3, 0.4) is 0 Å². The fourth-order valence-corrected chi connectivity index (χ4v) is 4.39. The quantitative estimate of drug-likeness (QED) is 0.487. The third kappa shape index (κ3) is 3.84. The number of pyridine rings is 1. The highest BCUT2D eigenvalue weighted by molar-refractivity contribution is 6.30. The number of carbonyl (C=O) groups excluding carboxylic acids is 2. The molecule has 1 aliphatic carbocycles. The van der Waals surface area contributed by atoms with E-state index in [4.69, 9.17) is 17.3 Å². The summed E-state index contributed by atoms with van der Waals surface area (Å²) >= 11 is 6.09. The highest BCUT2D eigenvalue weighted by Crippen LogP contribution is 2.42. The summed E-state index contributed by atoms with van der Waals surface area (Å²) in [4.78, 5) is 27.5. The summed E-state index contributed by atoms with van der Waals surface area (Å²) in [6.07, 6.45) is 1.92. The van der Waals surface area contributed by atoms with Crippen molar-refractivity contribution in [1.82, 2.24) is 4.90 Å². The maximum atomic E-state index is 14.5. The summed E-state index contributed by atoms with van der Waals surface area (Å²) in [5.41, 5.74) is 7.03. The molecule has 0 saturated carbocycles. The van der Waals surface area contributed by atoms with Crippen LogP contribution < -0.4 is 10.5 Å². The van der Waals surface area contributed by atoms with Crippen molar-refractivity contribution in [2.24, 2.45) is 5.73 Å². The number of nitrogens with two attached hydrogens (primary N) is 1. The molecule has 2 N–H and O–H groups in total. The molecule has 0 radical (unpaired) electrons. The summed E-state index contributed by atoms with van der Waals surface area (Å²) in [6.45, 7) is 0. The summed E-state index contributed by atoms with van der Waals surface area (Å²) in [5, 5.41) is 12.5. The molecule has 2 aromatic carbocycles. The molecule has 1 aliphatic rings. The van der Waals surface area contributed by atoms with E-state index < -0.39 is 29.7 Å². The summed E-state index contributed by atoms with van der Waals surface area (Å²) < 4.78 is 15.0. The molecule has 31 heavy (non-hydrogen) atoms. The molecule has 4 rings (SSSR count). The van der Waals surface area contributed by atoms with E-state index in [1.54, 1.807) is 42.5 Å². The standard InChI is InChI=1S/C23H19ClFN3O3/c24-15-12-17-16(18(25)13-15)9-10-19(17)28(23(30)20-8-4-5-11-27(20)31)21(22(26)29)14-6-2-1-3-7-14/h1-8,11-13,19,21H,9-10H2,(H2,26,29)/t19-,21?/m1/s1. The minimum Gasteiger partial charge on any atom is -0.618 e. The van der Waals surface area contributed by atoms with E-state index in [1.165, 1.54) is 29.3 Å². The van der Waals surface area contributed by atoms with E-state index in [0.717, 1.165) is 0 Å². The number of benzene rings is 2. The lowest BCUT2D eigenvalue weighted by molar-refractivity contribution is -0.608. The summed E-state index contributed by atoms with van der Waals surface area (Å²) in [5.74, 6) is -1.91. The molecule has 2 amide bonds. The van der Waals surface area contributed by atoms with Crippen LogP contribution in [0.1, 0.15) is 45.7 Å². The summed E-state index contributed by atoms with van der Waals surface area (Å²) in [6, 6.07) is 14.0. The topological polar surface area (TPSA) is 90.3 Å². The van der Waals surface area contributed by atoms with Gasteiger partial charge in [-0.25, -0.2) is 4.39 Å². The Balaban J connectivity index is 1.90. The normalized spacial score (nSPS) is 15.9. The molecule has 0 spiro atoms. The van der Waals surface area contributed by atoms with Crippen LogP contribution in [0.4, 0.5) is 4.39 Å². The monoisotopic (exact) mass is 439 g/mol. The van der Waals surface area contributed by atoms with Crippen LogP contribution in [0.15, 0.2) is 66.9 Å². The number of aromatic nitrogens is 1. The number of amides is 2. The second-order valence-corrected chi connectivity index (χ2v) is 7.79. The second kappa shape index (κ2) is 8.35. The van der Waals surface area contributed by atoms with E-state index in [9.17, 15) is 19.2 Å². The van der Waals surface area contributed by atoms with Crippen molar-refractivity contribution in [3.63, 3.8) is 0 Å². The van der Waals surface area contributed by atoms with Gasteiger partial charge < -0.3 is 15.8 Å². The van der Waals surface area contributed by atoms with Gasteiger partial charge in [0.1, 0.15) is 11.9 Å². The van der Waals surface area contributed by atoms with Gasteiger partial charge >= 0.3 is 5.91 Å². The van der Waals surface area contributed by atoms with E-state index in [-0.39, 0.29) is 10.7 Å². The number of rotatable bonds is 5. The predicted molar refractivity (Wildman–Crippen MR) is 112 cm³/mol. The summed E-state index contributed by atoms with van der Waals surface area (Å²) in [7, 11) is 0. The molecular formula is C23H19ClFN3O3. The van der Waals surface area contributed by atoms with Crippen LogP contribution >= 0.6 is 11.6 Å². The molecule has 1 heterocycles. The zero-order chi connectivity index (χ0) is 22.1. The van der Waals surface area contributed by atoms with Gasteiger partial charge in [0.25, 0.3) is 5.69 Å². The van der Waals surface area contributed by atoms with Crippen molar-refractivity contribution in [3.8, 4) is 0 Å². The Hall–Kier alpha value is -3.45. The zero-order valence-electron chi connectivity index (χ0n) is 16.4. The van der Waals surface area contributed by atoms with Gasteiger partial charge in [-0.15, -0.1) is 0 Å². The number of carbonyl (C=O) groups is 2.